The number of amides is 1. The number of ether oxygens (including phenoxy) is 2. The van der Waals surface area contributed by atoms with Gasteiger partial charge in [-0.05, 0) is 59.0 Å². The summed E-state index contributed by atoms with van der Waals surface area (Å²) in [6.45, 7) is 3.24. The molecule has 0 unspecified atom stereocenters. The molecule has 4 aromatic rings. The van der Waals surface area contributed by atoms with Crippen LogP contribution >= 0.6 is 0 Å². The molecule has 50 heavy (non-hydrogen) atoms. The first-order valence-electron chi connectivity index (χ1n) is 16.9. The van der Waals surface area contributed by atoms with Crippen molar-refractivity contribution in [3.8, 4) is 16.9 Å². The molecule has 0 aliphatic carbocycles. The number of aromatic hydroxyl groups is 1. The summed E-state index contributed by atoms with van der Waals surface area (Å²) in [6, 6.07) is 30.2. The van der Waals surface area contributed by atoms with Crippen LogP contribution in [-0.2, 0) is 32.2 Å². The van der Waals surface area contributed by atoms with E-state index >= 15 is 0 Å². The fourth-order valence-electron chi connectivity index (χ4n) is 6.30. The highest BCUT2D eigenvalue weighted by Crippen LogP contribution is 2.42. The van der Waals surface area contributed by atoms with E-state index < -0.39 is 18.4 Å². The van der Waals surface area contributed by atoms with Crippen molar-refractivity contribution in [3.63, 3.8) is 0 Å². The summed E-state index contributed by atoms with van der Waals surface area (Å²) in [4.78, 5) is 25.1. The number of nitrogens with one attached hydrogen (secondary N) is 1. The fourth-order valence-corrected chi connectivity index (χ4v) is 6.30. The number of carbonyl (C=O) groups excluding carboxylic acids is 1. The van der Waals surface area contributed by atoms with E-state index in [0.29, 0.717) is 31.6 Å². The summed E-state index contributed by atoms with van der Waals surface area (Å²) in [7, 11) is 1.93. The second-order valence-electron chi connectivity index (χ2n) is 13.0. The molecular formula is C40H46N2O8. The molecular weight excluding hydrogens is 636 g/mol. The van der Waals surface area contributed by atoms with Crippen molar-refractivity contribution in [2.75, 3.05) is 20.1 Å². The van der Waals surface area contributed by atoms with E-state index in [0.717, 1.165) is 33.4 Å². The number of benzene rings is 4. The van der Waals surface area contributed by atoms with E-state index in [-0.39, 0.29) is 49.2 Å². The van der Waals surface area contributed by atoms with Crippen LogP contribution in [0.25, 0.3) is 11.1 Å². The van der Waals surface area contributed by atoms with Crippen LogP contribution < -0.4 is 5.32 Å². The average molecular weight is 683 g/mol. The molecule has 5 N–H and O–H groups in total. The molecule has 1 fully saturated rings. The Bertz CT molecular complexity index is 1710. The zero-order valence-corrected chi connectivity index (χ0v) is 28.4. The third-order valence-electron chi connectivity index (χ3n) is 9.14. The van der Waals surface area contributed by atoms with E-state index in [9.17, 15) is 24.9 Å². The standard InChI is InChI=1S/C40H46N2O8/c1-26-36(24-42(2)23-35(45)31-8-5-9-33(44)21-31)49-40(50-39(26)29-15-13-27(25-43)14-16-29)30-19-17-28(18-20-30)34-10-4-3-7-32(34)22-41-37(46)11-6-12-38(47)48/h3-5,7-10,13-21,26,35-36,39-40,43-45H,6,11-12,22-25H2,1-2H3,(H,41,46)(H,47,48)/t26-,35+,36+,39+,40+/m0/s1. The van der Waals surface area contributed by atoms with Crippen molar-refractivity contribution in [1.29, 1.82) is 0 Å². The van der Waals surface area contributed by atoms with Gasteiger partial charge in [-0.15, -0.1) is 0 Å². The molecule has 0 radical (unpaired) electrons. The Kier molecular flexibility index (Phi) is 12.8. The first-order valence-corrected chi connectivity index (χ1v) is 16.9. The summed E-state index contributed by atoms with van der Waals surface area (Å²) < 4.78 is 13.3. The van der Waals surface area contributed by atoms with E-state index in [1.54, 1.807) is 24.3 Å². The number of nitrogens with zero attached hydrogens (tertiary/aromatic N) is 1. The molecule has 1 saturated heterocycles. The number of aliphatic carboxylic acids is 1. The van der Waals surface area contributed by atoms with Crippen LogP contribution in [0, 0.1) is 5.92 Å². The summed E-state index contributed by atoms with van der Waals surface area (Å²) >= 11 is 0. The van der Waals surface area contributed by atoms with E-state index in [1.165, 1.54) is 0 Å². The van der Waals surface area contributed by atoms with Crippen LogP contribution in [0.2, 0.25) is 0 Å². The highest BCUT2D eigenvalue weighted by atomic mass is 16.7. The van der Waals surface area contributed by atoms with Crippen LogP contribution in [-0.4, -0.2) is 63.4 Å². The SMILES string of the molecule is C[C@H]1[C@@H](CN(C)C[C@@H](O)c2cccc(O)c2)O[C@@H](c2ccc(-c3ccccc3CNC(=O)CCCC(=O)O)cc2)O[C@H]1c1ccc(CO)cc1. The van der Waals surface area contributed by atoms with Gasteiger partial charge in [0.1, 0.15) is 5.75 Å². The smallest absolute Gasteiger partial charge is 0.303 e. The molecule has 1 amide bonds. The highest BCUT2D eigenvalue weighted by Gasteiger charge is 2.39. The molecule has 5 rings (SSSR count). The molecule has 0 saturated carbocycles. The van der Waals surface area contributed by atoms with Gasteiger partial charge in [0.15, 0.2) is 6.29 Å². The third kappa shape index (κ3) is 9.77. The number of rotatable bonds is 15. The second-order valence-corrected chi connectivity index (χ2v) is 13.0. The summed E-state index contributed by atoms with van der Waals surface area (Å²) in [6.07, 6.45) is -1.60. The molecule has 0 bridgehead atoms. The molecule has 0 spiro atoms. The molecule has 1 heterocycles. The highest BCUT2D eigenvalue weighted by molar-refractivity contribution is 5.77. The summed E-state index contributed by atoms with van der Waals surface area (Å²) in [5.41, 5.74) is 6.14. The lowest BCUT2D eigenvalue weighted by atomic mass is 9.90. The monoisotopic (exact) mass is 682 g/mol. The molecule has 4 aromatic carbocycles. The van der Waals surface area contributed by atoms with Gasteiger partial charge >= 0.3 is 5.97 Å². The first-order chi connectivity index (χ1) is 24.1. The normalized spacial score (nSPS) is 19.6. The zero-order chi connectivity index (χ0) is 35.6. The van der Waals surface area contributed by atoms with Crippen molar-refractivity contribution in [3.05, 3.63) is 125 Å². The Balaban J connectivity index is 1.32. The number of aliphatic hydroxyl groups excluding tert-OH is 2. The van der Waals surface area contributed by atoms with Gasteiger partial charge in [0.2, 0.25) is 5.91 Å². The Morgan fingerprint density at radius 2 is 1.62 bits per heavy atom. The number of carbonyl (C=O) groups is 2. The number of carboxylic acids is 1. The first kappa shape index (κ1) is 36.7. The Morgan fingerprint density at radius 1 is 0.900 bits per heavy atom. The van der Waals surface area contributed by atoms with Crippen LogP contribution in [0.3, 0.4) is 0 Å². The van der Waals surface area contributed by atoms with Gasteiger partial charge in [0, 0.05) is 44.0 Å². The maximum Gasteiger partial charge on any atom is 0.303 e. The Morgan fingerprint density at radius 3 is 2.32 bits per heavy atom. The van der Waals surface area contributed by atoms with Crippen LogP contribution in [0.15, 0.2) is 97.1 Å². The number of hydrogen-bond donors (Lipinski definition) is 5. The van der Waals surface area contributed by atoms with Crippen LogP contribution in [0.4, 0.5) is 0 Å². The molecule has 10 nitrogen and oxygen atoms in total. The third-order valence-corrected chi connectivity index (χ3v) is 9.14. The number of aliphatic hydroxyl groups is 2. The van der Waals surface area contributed by atoms with Gasteiger partial charge in [0.25, 0.3) is 0 Å². The average Bonchev–Trinajstić information content (AvgIpc) is 3.11. The van der Waals surface area contributed by atoms with Crippen LogP contribution in [0.5, 0.6) is 5.75 Å². The number of hydrogen-bond acceptors (Lipinski definition) is 8. The lowest BCUT2D eigenvalue weighted by Crippen LogP contribution is -2.44. The fraction of sp³-hybridized carbons (Fsp3) is 0.350. The minimum absolute atomic E-state index is 0.0403. The van der Waals surface area contributed by atoms with Gasteiger partial charge in [-0.2, -0.15) is 0 Å². The lowest BCUT2D eigenvalue weighted by Gasteiger charge is -2.42. The molecule has 264 valence electrons. The van der Waals surface area contributed by atoms with E-state index in [4.69, 9.17) is 14.6 Å². The molecule has 10 heteroatoms. The molecule has 1 aliphatic rings. The van der Waals surface area contributed by atoms with Crippen LogP contribution in [0.1, 0.15) is 72.5 Å². The van der Waals surface area contributed by atoms with E-state index in [2.05, 4.69) is 12.2 Å². The lowest BCUT2D eigenvalue weighted by molar-refractivity contribution is -0.276. The number of phenolic OH excluding ortho intramolecular Hbond substituents is 1. The Hall–Kier alpha value is -4.58. The number of phenols is 1. The molecule has 0 aromatic heterocycles. The van der Waals surface area contributed by atoms with Crippen molar-refractivity contribution in [2.45, 2.75) is 63.9 Å². The summed E-state index contributed by atoms with van der Waals surface area (Å²) in [5.74, 6) is -1.04. The largest absolute Gasteiger partial charge is 0.508 e. The minimum atomic E-state index is -0.915. The van der Waals surface area contributed by atoms with Gasteiger partial charge in [-0.1, -0.05) is 91.9 Å². The number of carboxylic acid groups (broad SMARTS) is 1. The minimum Gasteiger partial charge on any atom is -0.508 e. The quantitative estimate of drug-likeness (QED) is 0.104. The Labute approximate surface area is 292 Å². The zero-order valence-electron chi connectivity index (χ0n) is 28.4. The predicted molar refractivity (Wildman–Crippen MR) is 189 cm³/mol. The second kappa shape index (κ2) is 17.4. The van der Waals surface area contributed by atoms with E-state index in [1.807, 2.05) is 84.7 Å². The summed E-state index contributed by atoms with van der Waals surface area (Å²) in [5, 5.41) is 42.1. The van der Waals surface area contributed by atoms with Crippen molar-refractivity contribution in [2.24, 2.45) is 5.92 Å². The number of likely N-dealkylation sites (N-methyl/N-ethyl adjacent to an activating group) is 1. The molecule has 5 atom stereocenters. The van der Waals surface area contributed by atoms with Crippen molar-refractivity contribution >= 4 is 11.9 Å². The maximum absolute atomic E-state index is 12.3. The van der Waals surface area contributed by atoms with Gasteiger partial charge in [-0.25, -0.2) is 0 Å². The van der Waals surface area contributed by atoms with Gasteiger partial charge < -0.3 is 40.1 Å². The van der Waals surface area contributed by atoms with Gasteiger partial charge in [0.05, 0.1) is 24.9 Å². The molecule has 1 aliphatic heterocycles. The van der Waals surface area contributed by atoms with Crippen molar-refractivity contribution < 1.29 is 39.5 Å². The maximum atomic E-state index is 12.3. The van der Waals surface area contributed by atoms with Gasteiger partial charge in [-0.3, -0.25) is 9.59 Å². The topological polar surface area (TPSA) is 149 Å². The van der Waals surface area contributed by atoms with Crippen molar-refractivity contribution in [1.82, 2.24) is 10.2 Å². The predicted octanol–water partition coefficient (Wildman–Crippen LogP) is 5.88.